The van der Waals surface area contributed by atoms with E-state index < -0.39 is 20.1 Å². The molecule has 8 nitrogen and oxygen atoms in total. The summed E-state index contributed by atoms with van der Waals surface area (Å²) in [5.74, 6) is 0.00721. The molecule has 0 aliphatic heterocycles. The fourth-order valence-electron chi connectivity index (χ4n) is 2.09. The molecular formula is C18H19AsN2O6S2. The van der Waals surface area contributed by atoms with E-state index in [4.69, 9.17) is 12.9 Å². The van der Waals surface area contributed by atoms with E-state index in [1.165, 1.54) is 34.2 Å². The van der Waals surface area contributed by atoms with Crippen LogP contribution in [0.2, 0.25) is 0 Å². The Morgan fingerprint density at radius 1 is 1.21 bits per heavy atom. The number of aromatic nitrogens is 1. The largest absolute Gasteiger partial charge is 0.497 e. The Bertz CT molecular complexity index is 990. The van der Waals surface area contributed by atoms with Gasteiger partial charge in [0.25, 0.3) is 0 Å². The average Bonchev–Trinajstić information content (AvgIpc) is 3.16. The molecule has 0 fully saturated rings. The van der Waals surface area contributed by atoms with Crippen LogP contribution in [0.1, 0.15) is 6.92 Å². The van der Waals surface area contributed by atoms with Gasteiger partial charge in [-0.05, 0) is 24.3 Å². The van der Waals surface area contributed by atoms with Crippen LogP contribution in [0.5, 0.6) is 11.5 Å². The van der Waals surface area contributed by atoms with Gasteiger partial charge in [-0.15, -0.1) is 11.3 Å². The second-order valence-corrected chi connectivity index (χ2v) is 11.0. The van der Waals surface area contributed by atoms with Crippen LogP contribution in [0.15, 0.2) is 63.3 Å². The van der Waals surface area contributed by atoms with Gasteiger partial charge in [0.1, 0.15) is 5.75 Å². The first-order valence-electron chi connectivity index (χ1n) is 8.06. The molecule has 1 aromatic heterocycles. The maximum absolute atomic E-state index is 11.1. The summed E-state index contributed by atoms with van der Waals surface area (Å²) in [6.45, 7) is 1.18. The number of carbonyl (C=O) groups excluding carboxylic acids is 1. The fraction of sp³-hybridized carbons (Fsp3) is 0.111. The van der Waals surface area contributed by atoms with Gasteiger partial charge in [-0.25, -0.2) is 0 Å². The molecule has 2 aromatic carbocycles. The molecule has 0 aliphatic carbocycles. The molecule has 0 unspecified atom stereocenters. The number of thiazole rings is 1. The standard InChI is InChI=1S/C10H9NOS2.C8H10AsNO5/c1-12-8-2-4-9(5-3-8)14-10-6-11-7-13-10;1-5(11)10-8-6(9(13,14)15)3-2-4-7(8)12/h2-7H,1H3;2-4,12H,1H3,(H,10,11)(H2,13,14,15). The summed E-state index contributed by atoms with van der Waals surface area (Å²) in [6.07, 6.45) is 1.87. The van der Waals surface area contributed by atoms with Gasteiger partial charge in [-0.3, -0.25) is 4.98 Å². The van der Waals surface area contributed by atoms with Crippen molar-refractivity contribution in [1.82, 2.24) is 4.98 Å². The van der Waals surface area contributed by atoms with Crippen molar-refractivity contribution in [2.75, 3.05) is 12.4 Å². The fourth-order valence-corrected chi connectivity index (χ4v) is 5.22. The van der Waals surface area contributed by atoms with Crippen LogP contribution in [0.4, 0.5) is 5.69 Å². The minimum atomic E-state index is -5.14. The van der Waals surface area contributed by atoms with Gasteiger partial charge in [0, 0.05) is 4.90 Å². The second-order valence-electron chi connectivity index (χ2n) is 5.49. The minimum Gasteiger partial charge on any atom is -0.497 e. The van der Waals surface area contributed by atoms with Crippen molar-refractivity contribution in [3.63, 3.8) is 0 Å². The van der Waals surface area contributed by atoms with Crippen molar-refractivity contribution < 1.29 is 26.6 Å². The Hall–Kier alpha value is -2.23. The monoisotopic (exact) mass is 498 g/mol. The average molecular weight is 498 g/mol. The molecule has 0 aliphatic rings. The van der Waals surface area contributed by atoms with Gasteiger partial charge in [0.05, 0.1) is 23.0 Å². The summed E-state index contributed by atoms with van der Waals surface area (Å²) in [6, 6.07) is 11.7. The number of hydrogen-bond donors (Lipinski definition) is 4. The molecule has 0 saturated carbocycles. The molecule has 0 bridgehead atoms. The van der Waals surface area contributed by atoms with E-state index in [0.717, 1.165) is 5.75 Å². The molecule has 0 spiro atoms. The number of methoxy groups -OCH3 is 1. The normalized spacial score (nSPS) is 10.6. The Balaban J connectivity index is 0.000000207. The smallest absolute Gasteiger partial charge is 0.118 e. The number of nitrogens with zero attached hydrogens (tertiary/aromatic N) is 1. The van der Waals surface area contributed by atoms with Crippen LogP contribution >= 0.6 is 23.1 Å². The zero-order chi connectivity index (χ0) is 21.4. The third kappa shape index (κ3) is 7.26. The Kier molecular flexibility index (Phi) is 8.36. The summed E-state index contributed by atoms with van der Waals surface area (Å²) < 4.78 is 35.1. The van der Waals surface area contributed by atoms with Gasteiger partial charge in [-0.1, -0.05) is 11.8 Å². The summed E-state index contributed by atoms with van der Waals surface area (Å²) >= 11 is -1.78. The van der Waals surface area contributed by atoms with E-state index in [2.05, 4.69) is 10.3 Å². The van der Waals surface area contributed by atoms with Gasteiger partial charge in [-0.2, -0.15) is 0 Å². The zero-order valence-electron chi connectivity index (χ0n) is 15.5. The number of benzene rings is 2. The van der Waals surface area contributed by atoms with Crippen molar-refractivity contribution >= 4 is 53.2 Å². The van der Waals surface area contributed by atoms with Crippen LogP contribution in [0, 0.1) is 0 Å². The topological polar surface area (TPSA) is 129 Å². The maximum Gasteiger partial charge on any atom is 0.118 e. The number of phenols is 1. The minimum absolute atomic E-state index is 0.225. The van der Waals surface area contributed by atoms with E-state index in [1.807, 2.05) is 36.0 Å². The van der Waals surface area contributed by atoms with Crippen molar-refractivity contribution in [1.29, 1.82) is 0 Å². The predicted molar refractivity (Wildman–Crippen MR) is 112 cm³/mol. The molecule has 3 aromatic rings. The van der Waals surface area contributed by atoms with Crippen LogP contribution in [0.25, 0.3) is 0 Å². The summed E-state index contributed by atoms with van der Waals surface area (Å²) in [5, 5.41) is 11.5. The third-order valence-corrected chi connectivity index (χ3v) is 7.34. The number of aromatic hydroxyl groups is 1. The molecule has 4 N–H and O–H groups in total. The number of anilines is 1. The van der Waals surface area contributed by atoms with E-state index in [9.17, 15) is 13.6 Å². The summed E-state index contributed by atoms with van der Waals surface area (Å²) in [4.78, 5) is 16.0. The van der Waals surface area contributed by atoms with E-state index in [1.54, 1.807) is 30.2 Å². The molecule has 0 atom stereocenters. The number of hydrogen-bond acceptors (Lipinski definition) is 7. The van der Waals surface area contributed by atoms with Crippen molar-refractivity contribution in [3.8, 4) is 11.5 Å². The molecule has 1 amide bonds. The third-order valence-electron chi connectivity index (χ3n) is 3.32. The van der Waals surface area contributed by atoms with Crippen molar-refractivity contribution in [2.45, 2.75) is 16.0 Å². The number of nitrogens with one attached hydrogen (secondary N) is 1. The number of phenolic OH excluding ortho intramolecular Hbond substituents is 1. The van der Waals surface area contributed by atoms with Crippen LogP contribution in [0.3, 0.4) is 0 Å². The Labute approximate surface area is 178 Å². The number of amides is 1. The first-order chi connectivity index (χ1) is 13.7. The van der Waals surface area contributed by atoms with Crippen LogP contribution < -0.4 is 14.4 Å². The van der Waals surface area contributed by atoms with E-state index in [0.29, 0.717) is 0 Å². The maximum atomic E-state index is 11.1. The number of carbonyl (C=O) groups is 1. The first-order valence-corrected chi connectivity index (χ1v) is 13.1. The van der Waals surface area contributed by atoms with Crippen molar-refractivity contribution in [3.05, 3.63) is 54.2 Å². The zero-order valence-corrected chi connectivity index (χ0v) is 19.0. The quantitative estimate of drug-likeness (QED) is 0.311. The molecule has 0 saturated heterocycles. The summed E-state index contributed by atoms with van der Waals surface area (Å²) in [5.41, 5.74) is 1.61. The molecule has 29 heavy (non-hydrogen) atoms. The number of ether oxygens (including phenoxy) is 1. The molecule has 3 rings (SSSR count). The van der Waals surface area contributed by atoms with Gasteiger partial charge >= 0.3 is 88.1 Å². The predicted octanol–water partition coefficient (Wildman–Crippen LogP) is 2.21. The molecule has 1 heterocycles. The van der Waals surface area contributed by atoms with Gasteiger partial charge in [0.15, 0.2) is 0 Å². The number of rotatable bonds is 5. The molecule has 11 heteroatoms. The Morgan fingerprint density at radius 3 is 2.41 bits per heavy atom. The first kappa shape index (κ1) is 23.1. The van der Waals surface area contributed by atoms with Gasteiger partial charge < -0.3 is 4.74 Å². The second kappa shape index (κ2) is 10.5. The van der Waals surface area contributed by atoms with E-state index in [-0.39, 0.29) is 15.8 Å². The van der Waals surface area contributed by atoms with Crippen molar-refractivity contribution in [2.24, 2.45) is 0 Å². The SMILES string of the molecule is CC(=O)Nc1c(O)cccc1[As](=O)(O)O.COc1ccc(Sc2cncs2)cc1. The summed E-state index contributed by atoms with van der Waals surface area (Å²) in [7, 11) is 1.67. The van der Waals surface area contributed by atoms with Gasteiger partial charge in [0.2, 0.25) is 0 Å². The van der Waals surface area contributed by atoms with Crippen LogP contribution in [-0.4, -0.2) is 45.5 Å². The molecular weight excluding hydrogens is 479 g/mol. The molecule has 0 radical (unpaired) electrons. The number of para-hydroxylation sites is 1. The molecule has 154 valence electrons. The Morgan fingerprint density at radius 2 is 1.90 bits per heavy atom. The van der Waals surface area contributed by atoms with E-state index >= 15 is 0 Å². The van der Waals surface area contributed by atoms with Crippen LogP contribution in [-0.2, 0) is 8.53 Å².